The van der Waals surface area contributed by atoms with Crippen molar-refractivity contribution in [3.05, 3.63) is 322 Å². The van der Waals surface area contributed by atoms with Gasteiger partial charge in [-0.25, -0.2) is 23.0 Å². The molecule has 13 aromatic rings. The number of aryl methyl sites for hydroxylation is 4. The Morgan fingerprint density at radius 1 is 0.365 bits per heavy atom. The SMILES string of the molecule is CC(=O)C[C@@H]1N=C(c2ccc(Cl)cc2)c2cc(-c3ccc(N)nc3)ccc2-c2c(C)noc21.CC(=O)C[C@@H]1N=C(c2ccc(Cl)cc2)c2cc(F)ccc2-c2c(C)noc21.CC(=O)C[C@@H]1N=C(c2ccc(F)cc2)c2cc(Cl)ccc2-c2c(C)noc21.[C-]#[N+]c1ccc(C2=N[C@@H](CC(C)=O)c3onc(C)c3-c3ccc(F)cc32)cc1. The Bertz CT molecular complexity index is 6010. The summed E-state index contributed by atoms with van der Waals surface area (Å²) in [5, 5.41) is 18.2. The molecule has 115 heavy (non-hydrogen) atoms. The van der Waals surface area contributed by atoms with E-state index in [0.29, 0.717) is 89.3 Å². The van der Waals surface area contributed by atoms with Gasteiger partial charge in [-0.05, 0) is 192 Å². The molecule has 574 valence electrons. The van der Waals surface area contributed by atoms with Gasteiger partial charge in [-0.1, -0.05) is 134 Å². The van der Waals surface area contributed by atoms with Gasteiger partial charge in [0.15, 0.2) is 28.7 Å². The lowest BCUT2D eigenvalue weighted by molar-refractivity contribution is -0.118. The molecule has 25 heteroatoms. The van der Waals surface area contributed by atoms with Crippen molar-refractivity contribution in [1.29, 1.82) is 0 Å². The van der Waals surface area contributed by atoms with Crippen molar-refractivity contribution in [3.8, 4) is 55.6 Å². The summed E-state index contributed by atoms with van der Waals surface area (Å²) in [4.78, 5) is 74.8. The van der Waals surface area contributed by atoms with Crippen molar-refractivity contribution >= 4 is 92.3 Å². The molecule has 0 aliphatic carbocycles. The summed E-state index contributed by atoms with van der Waals surface area (Å²) in [7, 11) is 0. The maximum absolute atomic E-state index is 14.2. The maximum Gasteiger partial charge on any atom is 0.187 e. The largest absolute Gasteiger partial charge is 0.384 e. The predicted octanol–water partition coefficient (Wildman–Crippen LogP) is 21.7. The van der Waals surface area contributed by atoms with Gasteiger partial charge in [-0.3, -0.25) is 39.1 Å². The topological polar surface area (TPSA) is 265 Å². The van der Waals surface area contributed by atoms with E-state index in [1.165, 1.54) is 57.2 Å². The lowest BCUT2D eigenvalue weighted by atomic mass is 9.90. The van der Waals surface area contributed by atoms with Crippen LogP contribution in [0.3, 0.4) is 0 Å². The van der Waals surface area contributed by atoms with Crippen LogP contribution in [0, 0.1) is 51.7 Å². The number of nitrogens with two attached hydrogens (primary N) is 1. The number of nitrogens with zero attached hydrogens (tertiary/aromatic N) is 10. The number of benzene rings is 8. The molecule has 0 spiro atoms. The summed E-state index contributed by atoms with van der Waals surface area (Å²) in [6.45, 7) is 20.6. The second-order valence-corrected chi connectivity index (χ2v) is 29.4. The number of rotatable bonds is 13. The third-order valence-electron chi connectivity index (χ3n) is 19.6. The third-order valence-corrected chi connectivity index (χ3v) is 20.4. The van der Waals surface area contributed by atoms with Crippen molar-refractivity contribution in [1.82, 2.24) is 25.6 Å². The van der Waals surface area contributed by atoms with Crippen molar-refractivity contribution < 1.29 is 50.4 Å². The zero-order valence-electron chi connectivity index (χ0n) is 63.1. The monoisotopic (exact) mass is 1590 g/mol. The lowest BCUT2D eigenvalue weighted by Crippen LogP contribution is -2.08. The predicted molar refractivity (Wildman–Crippen MR) is 436 cm³/mol. The van der Waals surface area contributed by atoms with Crippen LogP contribution >= 0.6 is 34.8 Å². The van der Waals surface area contributed by atoms with Crippen LogP contribution in [0.1, 0.15) is 168 Å². The molecule has 9 heterocycles. The quantitative estimate of drug-likeness (QED) is 0.105. The molecular weight excluding hydrogens is 1530 g/mol. The van der Waals surface area contributed by atoms with Crippen LogP contribution in [0.2, 0.25) is 15.1 Å². The van der Waals surface area contributed by atoms with E-state index in [9.17, 15) is 32.3 Å². The fraction of sp³-hybridized carbons (Fsp3) is 0.178. The number of aromatic nitrogens is 5. The Morgan fingerprint density at radius 3 is 0.991 bits per heavy atom. The fourth-order valence-corrected chi connectivity index (χ4v) is 14.9. The van der Waals surface area contributed by atoms with E-state index < -0.39 is 24.2 Å². The second-order valence-electron chi connectivity index (χ2n) is 28.1. The molecule has 8 aromatic carbocycles. The second kappa shape index (κ2) is 33.4. The van der Waals surface area contributed by atoms with E-state index in [4.69, 9.17) is 85.2 Å². The number of Topliss-reactive ketones (excluding diaryl/α,β-unsaturated/α-hetero) is 4. The molecule has 19 nitrogen and oxygen atoms in total. The molecule has 0 bridgehead atoms. The molecule has 0 unspecified atom stereocenters. The minimum absolute atomic E-state index is 0.00815. The van der Waals surface area contributed by atoms with Crippen molar-refractivity contribution in [3.63, 3.8) is 0 Å². The Morgan fingerprint density at radius 2 is 0.652 bits per heavy atom. The van der Waals surface area contributed by atoms with Gasteiger partial charge in [0.1, 0.15) is 70.6 Å². The molecule has 0 fully saturated rings. The first kappa shape index (κ1) is 78.7. The van der Waals surface area contributed by atoms with Crippen LogP contribution in [0.25, 0.3) is 60.5 Å². The van der Waals surface area contributed by atoms with Gasteiger partial charge in [-0.2, -0.15) is 0 Å². The van der Waals surface area contributed by atoms with Gasteiger partial charge in [0.25, 0.3) is 0 Å². The first-order chi connectivity index (χ1) is 55.2. The van der Waals surface area contributed by atoms with Crippen LogP contribution in [-0.4, -0.2) is 71.6 Å². The number of aliphatic imine (C=N–C) groups is 4. The summed E-state index contributed by atoms with van der Waals surface area (Å²) in [6.07, 6.45) is 2.49. The highest BCUT2D eigenvalue weighted by Crippen LogP contribution is 2.47. The number of ketones is 4. The van der Waals surface area contributed by atoms with E-state index in [1.807, 2.05) is 94.4 Å². The van der Waals surface area contributed by atoms with Crippen LogP contribution in [0.15, 0.2) is 226 Å². The fourth-order valence-electron chi connectivity index (χ4n) is 14.5. The zero-order valence-corrected chi connectivity index (χ0v) is 65.4. The molecule has 0 saturated carbocycles. The lowest BCUT2D eigenvalue weighted by Gasteiger charge is -2.13. The summed E-state index contributed by atoms with van der Waals surface area (Å²) >= 11 is 18.4. The smallest absolute Gasteiger partial charge is 0.187 e. The van der Waals surface area contributed by atoms with E-state index in [-0.39, 0.29) is 66.3 Å². The van der Waals surface area contributed by atoms with Crippen LogP contribution in [-0.2, 0) is 19.2 Å². The molecule has 0 amide bonds. The Hall–Kier alpha value is -12.9. The normalized spacial score (nSPS) is 15.2. The summed E-state index contributed by atoms with van der Waals surface area (Å²) in [5.41, 5.74) is 26.3. The molecule has 5 aromatic heterocycles. The molecule has 0 saturated heterocycles. The highest BCUT2D eigenvalue weighted by Gasteiger charge is 2.37. The number of carbonyl (C=O) groups excluding carboxylic acids is 4. The molecule has 0 radical (unpaired) electrons. The first-order valence-electron chi connectivity index (χ1n) is 36.4. The van der Waals surface area contributed by atoms with Gasteiger partial charge < -0.3 is 23.8 Å². The van der Waals surface area contributed by atoms with E-state index >= 15 is 0 Å². The van der Waals surface area contributed by atoms with Gasteiger partial charge >= 0.3 is 0 Å². The summed E-state index contributed by atoms with van der Waals surface area (Å²) in [6, 6.07) is 50.2. The standard InChI is InChI=1S/C26H21ClN4O2.C22H16FN3O2.2C21H16ClFN2O2/c1-14(32)11-22-26-24(15(2)31-33-26)20-9-5-17(18-6-10-23(28)29-13-18)12-21(20)25(30-22)16-3-7-19(27)8-4-16;1-12(27)10-19-22-20(13(2)26-28-22)17-9-6-15(23)11-18(17)21(25-19)14-4-7-16(24-3)8-5-14;1-11(26)9-18-21-19(12(2)25-27-21)16-8-5-14(22)10-17(16)20(24-18)13-3-6-15(23)7-4-13;1-11(26)9-18-21-19(12(2)25-27-21)16-8-7-15(23)10-17(16)20(24-18)13-3-5-14(22)6-4-13/h3-10,12-13,22H,11H2,1-2H3,(H2,28,29);4-9,11,19H,10H2,1-2H3;2*3-8,10,18H,9H2,1-2H3/t22-;19-;2*18-/m0000/s1. The van der Waals surface area contributed by atoms with Gasteiger partial charge in [-0.15, -0.1) is 0 Å². The minimum atomic E-state index is -0.556. The van der Waals surface area contributed by atoms with Gasteiger partial charge in [0.2, 0.25) is 0 Å². The van der Waals surface area contributed by atoms with Crippen LogP contribution in [0.4, 0.5) is 24.7 Å². The number of pyridine rings is 1. The first-order valence-corrected chi connectivity index (χ1v) is 37.6. The highest BCUT2D eigenvalue weighted by atomic mass is 35.5. The Labute approximate surface area is 673 Å². The third kappa shape index (κ3) is 16.8. The number of fused-ring (bicyclic) bond motifs is 12. The van der Waals surface area contributed by atoms with Crippen molar-refractivity contribution in [2.75, 3.05) is 5.73 Å². The van der Waals surface area contributed by atoms with Crippen molar-refractivity contribution in [2.24, 2.45) is 20.0 Å². The number of hydrogen-bond donors (Lipinski definition) is 1. The number of halogens is 6. The molecule has 17 rings (SSSR count). The minimum Gasteiger partial charge on any atom is -0.384 e. The van der Waals surface area contributed by atoms with Crippen LogP contribution in [0.5, 0.6) is 0 Å². The van der Waals surface area contributed by atoms with Crippen LogP contribution < -0.4 is 5.73 Å². The Balaban J connectivity index is 0.000000127. The zero-order chi connectivity index (χ0) is 81.2. The van der Waals surface area contributed by atoms with Gasteiger partial charge in [0, 0.05) is 91.5 Å². The molecule has 4 aliphatic rings. The average Bonchev–Trinajstić information content (AvgIpc) is 1.64. The summed E-state index contributed by atoms with van der Waals surface area (Å²) < 4.78 is 64.1. The van der Waals surface area contributed by atoms with Gasteiger partial charge in [0.05, 0.1) is 74.4 Å². The highest BCUT2D eigenvalue weighted by molar-refractivity contribution is 6.32. The number of anilines is 1. The maximum atomic E-state index is 14.2. The Kier molecular flexibility index (Phi) is 22.9. The number of hydrogen-bond acceptors (Lipinski definition) is 18. The average molecular weight is 1600 g/mol. The molecule has 2 N–H and O–H groups in total. The van der Waals surface area contributed by atoms with E-state index in [0.717, 1.165) is 106 Å². The molecule has 4 atom stereocenters. The van der Waals surface area contributed by atoms with Crippen molar-refractivity contribution in [2.45, 2.75) is 105 Å². The molecular formula is C90H69Cl3F3N11O8. The van der Waals surface area contributed by atoms with E-state index in [2.05, 4.69) is 36.5 Å². The number of carbonyl (C=O) groups is 4. The van der Waals surface area contributed by atoms with E-state index in [1.54, 1.807) is 85.9 Å². The summed E-state index contributed by atoms with van der Waals surface area (Å²) in [5.74, 6) is 1.56. The molecule has 4 aliphatic heterocycles. The number of nitrogen functional groups attached to an aromatic ring is 1.